The minimum atomic E-state index is -0.690. The van der Waals surface area contributed by atoms with Crippen LogP contribution in [0, 0.1) is 6.92 Å². The molecule has 4 amide bonds. The molecule has 4 rings (SSSR count). The van der Waals surface area contributed by atoms with Gasteiger partial charge < -0.3 is 15.6 Å². The van der Waals surface area contributed by atoms with Gasteiger partial charge in [-0.25, -0.2) is 4.79 Å². The Morgan fingerprint density at radius 2 is 2.00 bits per heavy atom. The number of amides is 4. The Morgan fingerprint density at radius 3 is 2.79 bits per heavy atom. The summed E-state index contributed by atoms with van der Waals surface area (Å²) in [5, 5.41) is 6.41. The molecule has 3 aromatic rings. The smallest absolute Gasteiger partial charge is 0.325 e. The zero-order valence-electron chi connectivity index (χ0n) is 15.7. The first-order valence-corrected chi connectivity index (χ1v) is 9.94. The molecule has 1 atom stereocenters. The lowest BCUT2D eigenvalue weighted by Crippen LogP contribution is -2.38. The maximum atomic E-state index is 12.7. The van der Waals surface area contributed by atoms with Crippen molar-refractivity contribution in [3.63, 3.8) is 0 Å². The Bertz CT molecular complexity index is 1120. The first kappa shape index (κ1) is 19.2. The van der Waals surface area contributed by atoms with Gasteiger partial charge in [-0.3, -0.25) is 14.5 Å². The number of carbonyl (C=O) groups excluding carboxylic acids is 3. The zero-order valence-corrected chi connectivity index (χ0v) is 17.2. The number of imide groups is 1. The van der Waals surface area contributed by atoms with Gasteiger partial charge in [-0.15, -0.1) is 0 Å². The molecule has 1 aliphatic rings. The van der Waals surface area contributed by atoms with Crippen LogP contribution < -0.4 is 10.6 Å². The standard InChI is InChI=1S/C21H19BrN4O3/c1-12-8-14(6-7-16(12)22)24-19(27)11-26-20(28)18(25-21(26)29)9-13-10-23-17-5-3-2-4-15(13)17/h2-8,10,18,23H,9,11H2,1H3,(H,24,27)(H,25,29)/t18-/m1/s1. The molecular weight excluding hydrogens is 436 g/mol. The number of carbonyl (C=O) groups is 3. The van der Waals surface area contributed by atoms with Crippen molar-refractivity contribution in [2.45, 2.75) is 19.4 Å². The van der Waals surface area contributed by atoms with Crippen molar-refractivity contribution < 1.29 is 14.4 Å². The van der Waals surface area contributed by atoms with E-state index in [1.165, 1.54) is 0 Å². The van der Waals surface area contributed by atoms with Crippen molar-refractivity contribution in [1.82, 2.24) is 15.2 Å². The van der Waals surface area contributed by atoms with Crippen LogP contribution in [0.1, 0.15) is 11.1 Å². The second-order valence-corrected chi connectivity index (χ2v) is 7.86. The van der Waals surface area contributed by atoms with E-state index >= 15 is 0 Å². The number of halogens is 1. The van der Waals surface area contributed by atoms with Crippen LogP contribution in [-0.4, -0.2) is 40.3 Å². The van der Waals surface area contributed by atoms with Crippen LogP contribution in [0.2, 0.25) is 0 Å². The first-order chi connectivity index (χ1) is 13.9. The molecule has 8 heteroatoms. The van der Waals surface area contributed by atoms with Crippen LogP contribution in [-0.2, 0) is 16.0 Å². The SMILES string of the molecule is Cc1cc(NC(=O)CN2C(=O)N[C@H](Cc3c[nH]c4ccccc34)C2=O)ccc1Br. The van der Waals surface area contributed by atoms with Crippen LogP contribution in [0.4, 0.5) is 10.5 Å². The lowest BCUT2D eigenvalue weighted by Gasteiger charge is -2.13. The number of hydrogen-bond acceptors (Lipinski definition) is 3. The number of nitrogens with one attached hydrogen (secondary N) is 3. The van der Waals surface area contributed by atoms with Crippen LogP contribution in [0.5, 0.6) is 0 Å². The highest BCUT2D eigenvalue weighted by Gasteiger charge is 2.39. The summed E-state index contributed by atoms with van der Waals surface area (Å²) in [5.74, 6) is -0.828. The molecule has 1 aromatic heterocycles. The monoisotopic (exact) mass is 454 g/mol. The largest absolute Gasteiger partial charge is 0.361 e. The van der Waals surface area contributed by atoms with Crippen molar-refractivity contribution >= 4 is 50.4 Å². The van der Waals surface area contributed by atoms with Gasteiger partial charge in [-0.1, -0.05) is 34.1 Å². The molecule has 0 spiro atoms. The number of aromatic nitrogens is 1. The van der Waals surface area contributed by atoms with Crippen molar-refractivity contribution in [3.05, 3.63) is 64.3 Å². The normalized spacial score (nSPS) is 16.3. The molecule has 148 valence electrons. The van der Waals surface area contributed by atoms with E-state index in [1.54, 1.807) is 6.07 Å². The van der Waals surface area contributed by atoms with E-state index in [0.717, 1.165) is 31.4 Å². The van der Waals surface area contributed by atoms with Crippen molar-refractivity contribution in [2.24, 2.45) is 0 Å². The number of rotatable bonds is 5. The molecule has 2 aromatic carbocycles. The molecule has 0 aliphatic carbocycles. The van der Waals surface area contributed by atoms with E-state index in [9.17, 15) is 14.4 Å². The number of aryl methyl sites for hydroxylation is 1. The second kappa shape index (κ2) is 7.71. The maximum absolute atomic E-state index is 12.7. The Balaban J connectivity index is 1.42. The lowest BCUT2D eigenvalue weighted by atomic mass is 10.1. The number of hydrogen-bond donors (Lipinski definition) is 3. The average molecular weight is 455 g/mol. The molecule has 1 aliphatic heterocycles. The average Bonchev–Trinajstić information content (AvgIpc) is 3.21. The summed E-state index contributed by atoms with van der Waals surface area (Å²) in [6.45, 7) is 1.58. The van der Waals surface area contributed by atoms with Crippen LogP contribution in [0.15, 0.2) is 53.1 Å². The number of nitrogens with zero attached hydrogens (tertiary/aromatic N) is 1. The number of H-pyrrole nitrogens is 1. The Labute approximate surface area is 175 Å². The van der Waals surface area contributed by atoms with Crippen LogP contribution >= 0.6 is 15.9 Å². The summed E-state index contributed by atoms with van der Waals surface area (Å²) in [7, 11) is 0. The summed E-state index contributed by atoms with van der Waals surface area (Å²) < 4.78 is 0.935. The van der Waals surface area contributed by atoms with Crippen molar-refractivity contribution in [2.75, 3.05) is 11.9 Å². The number of para-hydroxylation sites is 1. The number of urea groups is 1. The van der Waals surface area contributed by atoms with E-state index in [2.05, 4.69) is 31.5 Å². The quantitative estimate of drug-likeness (QED) is 0.516. The third-order valence-corrected chi connectivity index (χ3v) is 5.84. The summed E-state index contributed by atoms with van der Waals surface area (Å²) in [4.78, 5) is 41.5. The molecule has 1 saturated heterocycles. The molecule has 3 N–H and O–H groups in total. The van der Waals surface area contributed by atoms with E-state index in [0.29, 0.717) is 12.1 Å². The highest BCUT2D eigenvalue weighted by Crippen LogP contribution is 2.22. The Hall–Kier alpha value is -3.13. The third-order valence-electron chi connectivity index (χ3n) is 4.95. The second-order valence-electron chi connectivity index (χ2n) is 7.00. The fourth-order valence-corrected chi connectivity index (χ4v) is 3.70. The first-order valence-electron chi connectivity index (χ1n) is 9.15. The number of anilines is 1. The molecule has 1 fully saturated rings. The lowest BCUT2D eigenvalue weighted by molar-refractivity contribution is -0.130. The minimum Gasteiger partial charge on any atom is -0.361 e. The molecule has 0 bridgehead atoms. The van der Waals surface area contributed by atoms with Gasteiger partial charge in [0.15, 0.2) is 0 Å². The molecule has 0 saturated carbocycles. The molecule has 2 heterocycles. The number of aromatic amines is 1. The molecule has 7 nitrogen and oxygen atoms in total. The molecule has 0 radical (unpaired) electrons. The van der Waals surface area contributed by atoms with E-state index in [-0.39, 0.29) is 6.54 Å². The summed E-state index contributed by atoms with van der Waals surface area (Å²) in [5.41, 5.74) is 3.49. The van der Waals surface area contributed by atoms with E-state index in [1.807, 2.05) is 49.5 Å². The highest BCUT2D eigenvalue weighted by atomic mass is 79.9. The van der Waals surface area contributed by atoms with E-state index in [4.69, 9.17) is 0 Å². The fraction of sp³-hybridized carbons (Fsp3) is 0.190. The van der Waals surface area contributed by atoms with Gasteiger partial charge in [-0.2, -0.15) is 0 Å². The molecular formula is C21H19BrN4O3. The van der Waals surface area contributed by atoms with Gasteiger partial charge in [0.25, 0.3) is 5.91 Å². The summed E-state index contributed by atoms with van der Waals surface area (Å²) >= 11 is 3.41. The predicted molar refractivity (Wildman–Crippen MR) is 114 cm³/mol. The topological polar surface area (TPSA) is 94.3 Å². The molecule has 0 unspecified atom stereocenters. The van der Waals surface area contributed by atoms with Crippen molar-refractivity contribution in [3.8, 4) is 0 Å². The maximum Gasteiger partial charge on any atom is 0.325 e. The summed E-state index contributed by atoms with van der Waals surface area (Å²) in [6.07, 6.45) is 2.20. The van der Waals surface area contributed by atoms with Gasteiger partial charge in [0.1, 0.15) is 12.6 Å². The number of fused-ring (bicyclic) bond motifs is 1. The number of benzene rings is 2. The predicted octanol–water partition coefficient (Wildman–Crippen LogP) is 3.34. The fourth-order valence-electron chi connectivity index (χ4n) is 3.45. The van der Waals surface area contributed by atoms with Crippen molar-refractivity contribution in [1.29, 1.82) is 0 Å². The summed E-state index contributed by atoms with van der Waals surface area (Å²) in [6, 6.07) is 11.9. The van der Waals surface area contributed by atoms with Gasteiger partial charge >= 0.3 is 6.03 Å². The van der Waals surface area contributed by atoms with Crippen LogP contribution in [0.25, 0.3) is 10.9 Å². The zero-order chi connectivity index (χ0) is 20.5. The Morgan fingerprint density at radius 1 is 1.21 bits per heavy atom. The van der Waals surface area contributed by atoms with Gasteiger partial charge in [0.2, 0.25) is 5.91 Å². The molecule has 29 heavy (non-hydrogen) atoms. The van der Waals surface area contributed by atoms with Gasteiger partial charge in [0.05, 0.1) is 0 Å². The third kappa shape index (κ3) is 3.88. The highest BCUT2D eigenvalue weighted by molar-refractivity contribution is 9.10. The van der Waals surface area contributed by atoms with E-state index < -0.39 is 23.9 Å². The van der Waals surface area contributed by atoms with Gasteiger partial charge in [-0.05, 0) is 42.3 Å². The van der Waals surface area contributed by atoms with Crippen LogP contribution in [0.3, 0.4) is 0 Å². The minimum absolute atomic E-state index is 0.329. The Kier molecular flexibility index (Phi) is 5.10. The van der Waals surface area contributed by atoms with Gasteiger partial charge in [0, 0.05) is 33.7 Å².